The second-order valence-electron chi connectivity index (χ2n) is 7.18. The topological polar surface area (TPSA) is 87.7 Å². The Morgan fingerprint density at radius 3 is 2.67 bits per heavy atom. The number of urea groups is 1. The highest BCUT2D eigenvalue weighted by Gasteiger charge is 2.42. The maximum absolute atomic E-state index is 12.8. The highest BCUT2D eigenvalue weighted by molar-refractivity contribution is 6.31. The molecule has 0 saturated carbocycles. The molecule has 0 unspecified atom stereocenters. The van der Waals surface area contributed by atoms with E-state index in [0.29, 0.717) is 16.3 Å². The summed E-state index contributed by atoms with van der Waals surface area (Å²) in [6, 6.07) is 13.7. The smallest absolute Gasteiger partial charge is 0.338 e. The van der Waals surface area contributed by atoms with Crippen LogP contribution in [-0.4, -0.2) is 36.0 Å². The van der Waals surface area contributed by atoms with Gasteiger partial charge in [-0.05, 0) is 24.1 Å². The molecule has 154 valence electrons. The molecule has 0 aliphatic carbocycles. The first-order valence-corrected chi connectivity index (χ1v) is 9.86. The molecule has 1 atom stereocenters. The number of rotatable bonds is 5. The predicted octanol–water partition coefficient (Wildman–Crippen LogP) is 2.84. The molecule has 2 aliphatic rings. The number of hydrogen-bond acceptors (Lipinski definition) is 4. The van der Waals surface area contributed by atoms with Crippen LogP contribution >= 0.6 is 11.6 Å². The number of benzene rings is 2. The van der Waals surface area contributed by atoms with E-state index in [4.69, 9.17) is 16.3 Å². The molecule has 0 aromatic heterocycles. The van der Waals surface area contributed by atoms with Gasteiger partial charge in [-0.15, -0.1) is 0 Å². The highest BCUT2D eigenvalue weighted by atomic mass is 35.5. The molecule has 2 heterocycles. The molecule has 0 fully saturated rings. The van der Waals surface area contributed by atoms with Gasteiger partial charge in [0.1, 0.15) is 13.2 Å². The Hall–Kier alpha value is -3.32. The van der Waals surface area contributed by atoms with Crippen LogP contribution in [0, 0.1) is 6.92 Å². The predicted molar refractivity (Wildman–Crippen MR) is 110 cm³/mol. The largest absolute Gasteiger partial charge is 0.456 e. The summed E-state index contributed by atoms with van der Waals surface area (Å²) >= 11 is 6.11. The van der Waals surface area contributed by atoms with Gasteiger partial charge in [0.05, 0.1) is 17.3 Å². The van der Waals surface area contributed by atoms with Gasteiger partial charge in [0.2, 0.25) is 5.91 Å². The lowest BCUT2D eigenvalue weighted by Crippen LogP contribution is -2.50. The number of aryl methyl sites for hydroxylation is 1. The Balaban J connectivity index is 1.52. The van der Waals surface area contributed by atoms with Crippen LogP contribution in [0.2, 0.25) is 5.02 Å². The number of halogens is 1. The maximum atomic E-state index is 12.8. The lowest BCUT2D eigenvalue weighted by Gasteiger charge is -2.32. The summed E-state index contributed by atoms with van der Waals surface area (Å²) in [5, 5.41) is 6.12. The van der Waals surface area contributed by atoms with Crippen LogP contribution in [0.25, 0.3) is 0 Å². The second-order valence-corrected chi connectivity index (χ2v) is 7.59. The van der Waals surface area contributed by atoms with Gasteiger partial charge in [0.15, 0.2) is 0 Å². The summed E-state index contributed by atoms with van der Waals surface area (Å²) in [6.45, 7) is 1.93. The number of nitrogens with zero attached hydrogens (tertiary/aromatic N) is 1. The van der Waals surface area contributed by atoms with Gasteiger partial charge in [-0.3, -0.25) is 9.69 Å². The molecule has 3 amide bonds. The van der Waals surface area contributed by atoms with Crippen LogP contribution in [-0.2, 0) is 20.9 Å². The van der Waals surface area contributed by atoms with Gasteiger partial charge in [-0.2, -0.15) is 0 Å². The normalized spacial score (nSPS) is 18.1. The maximum Gasteiger partial charge on any atom is 0.338 e. The van der Waals surface area contributed by atoms with Crippen molar-refractivity contribution >= 4 is 29.5 Å². The van der Waals surface area contributed by atoms with Crippen LogP contribution in [0.1, 0.15) is 22.7 Å². The van der Waals surface area contributed by atoms with Crippen LogP contribution < -0.4 is 10.6 Å². The molecule has 0 spiro atoms. The number of amides is 3. The van der Waals surface area contributed by atoms with E-state index in [1.807, 2.05) is 43.3 Å². The fourth-order valence-corrected chi connectivity index (χ4v) is 3.72. The summed E-state index contributed by atoms with van der Waals surface area (Å²) in [7, 11) is 0. The zero-order valence-electron chi connectivity index (χ0n) is 16.3. The van der Waals surface area contributed by atoms with Crippen molar-refractivity contribution in [2.24, 2.45) is 0 Å². The molecule has 2 aliphatic heterocycles. The molecular weight excluding hydrogens is 406 g/mol. The van der Waals surface area contributed by atoms with Crippen molar-refractivity contribution < 1.29 is 19.1 Å². The van der Waals surface area contributed by atoms with Gasteiger partial charge in [-0.1, -0.05) is 59.6 Å². The van der Waals surface area contributed by atoms with Crippen molar-refractivity contribution in [3.8, 4) is 0 Å². The minimum Gasteiger partial charge on any atom is -0.456 e. The highest BCUT2D eigenvalue weighted by Crippen LogP contribution is 2.34. The summed E-state index contributed by atoms with van der Waals surface area (Å²) in [4.78, 5) is 38.9. The van der Waals surface area contributed by atoms with Crippen molar-refractivity contribution in [1.29, 1.82) is 0 Å². The van der Waals surface area contributed by atoms with E-state index < -0.39 is 18.0 Å². The second kappa shape index (κ2) is 8.20. The average molecular weight is 426 g/mol. The number of hydrogen-bond donors (Lipinski definition) is 2. The first-order valence-electron chi connectivity index (χ1n) is 9.49. The number of ether oxygens (including phenoxy) is 1. The van der Waals surface area contributed by atoms with Crippen molar-refractivity contribution in [2.45, 2.75) is 19.5 Å². The zero-order chi connectivity index (χ0) is 21.3. The van der Waals surface area contributed by atoms with E-state index in [0.717, 1.165) is 16.7 Å². The molecule has 30 heavy (non-hydrogen) atoms. The van der Waals surface area contributed by atoms with E-state index in [1.54, 1.807) is 12.1 Å². The van der Waals surface area contributed by atoms with Gasteiger partial charge in [0, 0.05) is 11.6 Å². The number of esters is 1. The van der Waals surface area contributed by atoms with Crippen molar-refractivity contribution in [3.05, 3.63) is 81.5 Å². The monoisotopic (exact) mass is 425 g/mol. The number of carbonyl (C=O) groups is 3. The van der Waals surface area contributed by atoms with Crippen molar-refractivity contribution in [3.63, 3.8) is 0 Å². The fraction of sp³-hybridized carbons (Fsp3) is 0.227. The zero-order valence-corrected chi connectivity index (χ0v) is 17.0. The molecule has 2 N–H and O–H groups in total. The third-order valence-corrected chi connectivity index (χ3v) is 5.51. The van der Waals surface area contributed by atoms with E-state index in [-0.39, 0.29) is 25.6 Å². The van der Waals surface area contributed by atoms with Crippen LogP contribution in [0.5, 0.6) is 0 Å². The average Bonchev–Trinajstić information content (AvgIpc) is 3.11. The minimum absolute atomic E-state index is 0.0399. The Labute approximate surface area is 178 Å². The standard InChI is InChI=1S/C22H20ClN3O4/c1-13-6-8-14(9-7-13)20-19-17(12-30-21(19)28)26(22(29)25-20)11-18(27)24-10-15-4-2-3-5-16(15)23/h2-9,20H,10-12H2,1H3,(H,24,27)(H,25,29)/t20-/m0/s1. The third-order valence-electron chi connectivity index (χ3n) is 5.14. The molecule has 7 nitrogen and oxygen atoms in total. The van der Waals surface area contributed by atoms with Gasteiger partial charge in [-0.25, -0.2) is 9.59 Å². The number of cyclic esters (lactones) is 1. The molecule has 0 bridgehead atoms. The van der Waals surface area contributed by atoms with E-state index in [9.17, 15) is 14.4 Å². The Morgan fingerprint density at radius 1 is 1.20 bits per heavy atom. The molecular formula is C22H20ClN3O4. The summed E-state index contributed by atoms with van der Waals surface area (Å²) in [5.74, 6) is -0.859. The Morgan fingerprint density at radius 2 is 1.93 bits per heavy atom. The lowest BCUT2D eigenvalue weighted by atomic mass is 9.95. The third kappa shape index (κ3) is 3.89. The van der Waals surface area contributed by atoms with Gasteiger partial charge >= 0.3 is 12.0 Å². The summed E-state index contributed by atoms with van der Waals surface area (Å²) < 4.78 is 5.18. The van der Waals surface area contributed by atoms with Gasteiger partial charge in [0.25, 0.3) is 0 Å². The summed E-state index contributed by atoms with van der Waals surface area (Å²) in [6.07, 6.45) is 0. The fourth-order valence-electron chi connectivity index (χ4n) is 3.52. The Bertz CT molecular complexity index is 1050. The first kappa shape index (κ1) is 20.0. The van der Waals surface area contributed by atoms with Gasteiger partial charge < -0.3 is 15.4 Å². The lowest BCUT2D eigenvalue weighted by molar-refractivity contribution is -0.136. The van der Waals surface area contributed by atoms with E-state index >= 15 is 0 Å². The van der Waals surface area contributed by atoms with E-state index in [1.165, 1.54) is 4.90 Å². The SMILES string of the molecule is Cc1ccc([C@@H]2NC(=O)N(CC(=O)NCc3ccccc3Cl)C3=C2C(=O)OC3)cc1. The van der Waals surface area contributed by atoms with Crippen LogP contribution in [0.4, 0.5) is 4.79 Å². The number of carbonyl (C=O) groups excluding carboxylic acids is 3. The molecule has 0 radical (unpaired) electrons. The molecule has 0 saturated heterocycles. The number of nitrogens with one attached hydrogen (secondary N) is 2. The van der Waals surface area contributed by atoms with Crippen LogP contribution in [0.3, 0.4) is 0 Å². The van der Waals surface area contributed by atoms with Crippen LogP contribution in [0.15, 0.2) is 59.8 Å². The minimum atomic E-state index is -0.606. The molecule has 2 aromatic rings. The first-order chi connectivity index (χ1) is 14.4. The summed E-state index contributed by atoms with van der Waals surface area (Å²) in [5.41, 5.74) is 3.40. The molecule has 2 aromatic carbocycles. The molecule has 4 rings (SSSR count). The Kier molecular flexibility index (Phi) is 5.46. The van der Waals surface area contributed by atoms with Crippen molar-refractivity contribution in [2.75, 3.05) is 13.2 Å². The molecule has 8 heteroatoms. The van der Waals surface area contributed by atoms with Crippen molar-refractivity contribution in [1.82, 2.24) is 15.5 Å². The van der Waals surface area contributed by atoms with E-state index in [2.05, 4.69) is 10.6 Å². The quantitative estimate of drug-likeness (QED) is 0.721.